The Morgan fingerprint density at radius 3 is 2.30 bits per heavy atom. The summed E-state index contributed by atoms with van der Waals surface area (Å²) < 4.78 is 26.4. The van der Waals surface area contributed by atoms with Crippen LogP contribution >= 0.6 is 0 Å². The van der Waals surface area contributed by atoms with Crippen molar-refractivity contribution in [2.24, 2.45) is 0 Å². The highest BCUT2D eigenvalue weighted by atomic mass is 19.1. The molecule has 0 spiro atoms. The molecule has 0 bridgehead atoms. The summed E-state index contributed by atoms with van der Waals surface area (Å²) >= 11 is 0. The van der Waals surface area contributed by atoms with E-state index in [0.29, 0.717) is 0 Å². The number of hydrogen-bond acceptors (Lipinski definition) is 3. The number of halogens is 2. The minimum atomic E-state index is -0.257. The van der Waals surface area contributed by atoms with Crippen molar-refractivity contribution in [3.8, 4) is 11.3 Å². The van der Waals surface area contributed by atoms with Gasteiger partial charge in [0.15, 0.2) is 0 Å². The van der Waals surface area contributed by atoms with Gasteiger partial charge in [0, 0.05) is 37.0 Å². The quantitative estimate of drug-likeness (QED) is 0.665. The van der Waals surface area contributed by atoms with Gasteiger partial charge in [-0.1, -0.05) is 12.1 Å². The van der Waals surface area contributed by atoms with Gasteiger partial charge in [0.25, 0.3) is 0 Å². The third-order valence-corrected chi connectivity index (χ3v) is 5.06. The Kier molecular flexibility index (Phi) is 5.21. The lowest BCUT2D eigenvalue weighted by atomic mass is 9.91. The van der Waals surface area contributed by atoms with Crippen molar-refractivity contribution in [2.45, 2.75) is 25.3 Å². The lowest BCUT2D eigenvalue weighted by Crippen LogP contribution is -2.34. The molecule has 1 unspecified atom stereocenters. The fourth-order valence-electron chi connectivity index (χ4n) is 3.75. The summed E-state index contributed by atoms with van der Waals surface area (Å²) in [6.45, 7) is 2.69. The lowest BCUT2D eigenvalue weighted by Gasteiger charge is -2.33. The average Bonchev–Trinajstić information content (AvgIpc) is 2.71. The van der Waals surface area contributed by atoms with Gasteiger partial charge in [-0.05, 0) is 61.3 Å². The second-order valence-corrected chi connectivity index (χ2v) is 7.00. The highest BCUT2D eigenvalue weighted by Gasteiger charge is 2.25. The number of hydrogen-bond donors (Lipinski definition) is 0. The van der Waals surface area contributed by atoms with E-state index in [1.54, 1.807) is 24.5 Å². The summed E-state index contributed by atoms with van der Waals surface area (Å²) in [5, 5.41) is 0. The molecule has 2 heterocycles. The van der Waals surface area contributed by atoms with Gasteiger partial charge in [0.05, 0.1) is 11.4 Å². The fraction of sp³-hybridized carbons (Fsp3) is 0.273. The first kappa shape index (κ1) is 17.7. The van der Waals surface area contributed by atoms with Crippen LogP contribution in [0.3, 0.4) is 0 Å². The topological polar surface area (TPSA) is 29.0 Å². The largest absolute Gasteiger partial charge is 0.298 e. The highest BCUT2D eigenvalue weighted by Crippen LogP contribution is 2.32. The summed E-state index contributed by atoms with van der Waals surface area (Å²) in [6, 6.07) is 13.1. The van der Waals surface area contributed by atoms with Crippen LogP contribution < -0.4 is 0 Å². The fourth-order valence-corrected chi connectivity index (χ4v) is 3.75. The van der Waals surface area contributed by atoms with E-state index >= 15 is 0 Å². The SMILES string of the molecule is Fc1ccc(CN2CCCC(c3nccnc3-c3ccc(F)cc3)C2)cc1. The molecule has 1 fully saturated rings. The van der Waals surface area contributed by atoms with Gasteiger partial charge in [-0.2, -0.15) is 0 Å². The zero-order chi connectivity index (χ0) is 18.6. The summed E-state index contributed by atoms with van der Waals surface area (Å²) in [6.07, 6.45) is 5.53. The standard InChI is InChI=1S/C22H21F2N3/c23-19-7-3-16(4-8-19)14-27-13-1-2-18(15-27)22-21(25-11-12-26-22)17-5-9-20(24)10-6-17/h3-12,18H,1-2,13-15H2. The molecule has 1 atom stereocenters. The molecule has 0 amide bonds. The van der Waals surface area contributed by atoms with Crippen LogP contribution in [0.5, 0.6) is 0 Å². The van der Waals surface area contributed by atoms with Crippen LogP contribution in [0.2, 0.25) is 0 Å². The van der Waals surface area contributed by atoms with E-state index in [-0.39, 0.29) is 17.6 Å². The number of benzene rings is 2. The average molecular weight is 365 g/mol. The Balaban J connectivity index is 1.54. The molecule has 5 heteroatoms. The second kappa shape index (κ2) is 7.92. The summed E-state index contributed by atoms with van der Waals surface area (Å²) in [5.41, 5.74) is 3.78. The predicted molar refractivity (Wildman–Crippen MR) is 101 cm³/mol. The molecule has 2 aromatic carbocycles. The number of piperidine rings is 1. The van der Waals surface area contributed by atoms with E-state index < -0.39 is 0 Å². The van der Waals surface area contributed by atoms with E-state index in [1.807, 2.05) is 12.1 Å². The Morgan fingerprint density at radius 1 is 0.889 bits per heavy atom. The third-order valence-electron chi connectivity index (χ3n) is 5.06. The first-order chi connectivity index (χ1) is 13.2. The maximum atomic E-state index is 13.3. The molecular weight excluding hydrogens is 344 g/mol. The molecule has 3 aromatic rings. The van der Waals surface area contributed by atoms with Crippen LogP contribution in [0.4, 0.5) is 8.78 Å². The number of aromatic nitrogens is 2. The molecule has 138 valence electrons. The van der Waals surface area contributed by atoms with Crippen molar-refractivity contribution < 1.29 is 8.78 Å². The van der Waals surface area contributed by atoms with Crippen LogP contribution in [0, 0.1) is 11.6 Å². The molecule has 3 nitrogen and oxygen atoms in total. The zero-order valence-electron chi connectivity index (χ0n) is 15.0. The molecule has 0 N–H and O–H groups in total. The minimum absolute atomic E-state index is 0.209. The van der Waals surface area contributed by atoms with Gasteiger partial charge in [-0.15, -0.1) is 0 Å². The molecule has 27 heavy (non-hydrogen) atoms. The third kappa shape index (κ3) is 4.19. The van der Waals surface area contributed by atoms with Crippen LogP contribution in [-0.4, -0.2) is 28.0 Å². The van der Waals surface area contributed by atoms with Crippen molar-refractivity contribution in [1.29, 1.82) is 0 Å². The molecule has 1 aromatic heterocycles. The predicted octanol–water partition coefficient (Wildman–Crippen LogP) is 4.80. The van der Waals surface area contributed by atoms with E-state index in [9.17, 15) is 8.78 Å². The maximum Gasteiger partial charge on any atom is 0.123 e. The van der Waals surface area contributed by atoms with Crippen molar-refractivity contribution in [3.63, 3.8) is 0 Å². The Hall–Kier alpha value is -2.66. The monoisotopic (exact) mass is 365 g/mol. The first-order valence-electron chi connectivity index (χ1n) is 9.23. The number of rotatable bonds is 4. The Bertz CT molecular complexity index is 894. The number of likely N-dealkylation sites (tertiary alicyclic amines) is 1. The van der Waals surface area contributed by atoms with Gasteiger partial charge in [0.2, 0.25) is 0 Å². The van der Waals surface area contributed by atoms with E-state index in [4.69, 9.17) is 0 Å². The Labute approximate surface area is 157 Å². The van der Waals surface area contributed by atoms with Crippen molar-refractivity contribution >= 4 is 0 Å². The van der Waals surface area contributed by atoms with Crippen LogP contribution in [-0.2, 0) is 6.54 Å². The lowest BCUT2D eigenvalue weighted by molar-refractivity contribution is 0.198. The highest BCUT2D eigenvalue weighted by molar-refractivity contribution is 5.62. The molecule has 0 radical (unpaired) electrons. The van der Waals surface area contributed by atoms with Gasteiger partial charge in [-0.25, -0.2) is 8.78 Å². The molecule has 1 aliphatic heterocycles. The van der Waals surface area contributed by atoms with Gasteiger partial charge in [0.1, 0.15) is 11.6 Å². The van der Waals surface area contributed by atoms with Crippen LogP contribution in [0.25, 0.3) is 11.3 Å². The van der Waals surface area contributed by atoms with Crippen molar-refractivity contribution in [3.05, 3.63) is 83.8 Å². The van der Waals surface area contributed by atoms with E-state index in [0.717, 1.165) is 55.0 Å². The van der Waals surface area contributed by atoms with Crippen LogP contribution in [0.15, 0.2) is 60.9 Å². The number of nitrogens with zero attached hydrogens (tertiary/aromatic N) is 3. The smallest absolute Gasteiger partial charge is 0.123 e. The zero-order valence-corrected chi connectivity index (χ0v) is 15.0. The maximum absolute atomic E-state index is 13.3. The second-order valence-electron chi connectivity index (χ2n) is 7.00. The summed E-state index contributed by atoms with van der Waals surface area (Å²) in [4.78, 5) is 11.5. The molecule has 4 rings (SSSR count). The normalized spacial score (nSPS) is 17.8. The molecule has 1 saturated heterocycles. The van der Waals surface area contributed by atoms with Crippen LogP contribution in [0.1, 0.15) is 30.0 Å². The summed E-state index contributed by atoms with van der Waals surface area (Å²) in [7, 11) is 0. The Morgan fingerprint density at radius 2 is 1.56 bits per heavy atom. The minimum Gasteiger partial charge on any atom is -0.298 e. The molecule has 1 aliphatic rings. The summed E-state index contributed by atoms with van der Waals surface area (Å²) in [5.74, 6) is -0.195. The van der Waals surface area contributed by atoms with E-state index in [2.05, 4.69) is 14.9 Å². The van der Waals surface area contributed by atoms with Gasteiger partial charge >= 0.3 is 0 Å². The first-order valence-corrected chi connectivity index (χ1v) is 9.23. The van der Waals surface area contributed by atoms with Crippen molar-refractivity contribution in [2.75, 3.05) is 13.1 Å². The molecular formula is C22H21F2N3. The van der Waals surface area contributed by atoms with Gasteiger partial charge in [-0.3, -0.25) is 14.9 Å². The molecule has 0 saturated carbocycles. The van der Waals surface area contributed by atoms with E-state index in [1.165, 1.54) is 24.3 Å². The van der Waals surface area contributed by atoms with Crippen molar-refractivity contribution in [1.82, 2.24) is 14.9 Å². The van der Waals surface area contributed by atoms with Gasteiger partial charge < -0.3 is 0 Å². The molecule has 0 aliphatic carbocycles.